The van der Waals surface area contributed by atoms with E-state index in [-0.39, 0.29) is 11.9 Å². The summed E-state index contributed by atoms with van der Waals surface area (Å²) in [6, 6.07) is 9.87. The molecule has 138 valence electrons. The van der Waals surface area contributed by atoms with E-state index in [0.717, 1.165) is 22.6 Å². The van der Waals surface area contributed by atoms with Crippen LogP contribution in [0.5, 0.6) is 0 Å². The fourth-order valence-electron chi connectivity index (χ4n) is 2.61. The summed E-state index contributed by atoms with van der Waals surface area (Å²) in [6.45, 7) is 6.48. The van der Waals surface area contributed by atoms with Crippen molar-refractivity contribution in [2.24, 2.45) is 0 Å². The molecule has 1 aromatic carbocycles. The molecule has 0 aliphatic rings. The first-order valence-corrected chi connectivity index (χ1v) is 8.76. The maximum absolute atomic E-state index is 11.9. The molecule has 1 N–H and O–H groups in total. The molecule has 0 unspecified atom stereocenters. The monoisotopic (exact) mass is 355 g/mol. The Labute approximate surface area is 153 Å². The zero-order valence-electron chi connectivity index (χ0n) is 15.5. The van der Waals surface area contributed by atoms with Gasteiger partial charge in [0.15, 0.2) is 0 Å². The van der Waals surface area contributed by atoms with Gasteiger partial charge in [-0.2, -0.15) is 5.10 Å². The minimum Gasteiger partial charge on any atom is -0.466 e. The Morgan fingerprint density at radius 2 is 1.96 bits per heavy atom. The van der Waals surface area contributed by atoms with Crippen molar-refractivity contribution in [2.45, 2.75) is 33.6 Å². The summed E-state index contributed by atoms with van der Waals surface area (Å²) in [4.78, 5) is 23.2. The topological polar surface area (TPSA) is 73.2 Å². The van der Waals surface area contributed by atoms with Crippen LogP contribution < -0.4 is 5.32 Å². The van der Waals surface area contributed by atoms with Crippen LogP contribution in [0.4, 0.5) is 0 Å². The second kappa shape index (κ2) is 9.56. The van der Waals surface area contributed by atoms with Crippen molar-refractivity contribution in [3.63, 3.8) is 0 Å². The highest BCUT2D eigenvalue weighted by Crippen LogP contribution is 2.18. The Bertz CT molecular complexity index is 779. The highest BCUT2D eigenvalue weighted by molar-refractivity contribution is 5.92. The molecule has 1 aromatic heterocycles. The number of aromatic nitrogens is 2. The highest BCUT2D eigenvalue weighted by Gasteiger charge is 2.10. The smallest absolute Gasteiger partial charge is 0.305 e. The number of nitrogens with one attached hydrogen (secondary N) is 1. The zero-order valence-corrected chi connectivity index (χ0v) is 15.5. The molecule has 0 saturated carbocycles. The number of ether oxygens (including phenoxy) is 1. The van der Waals surface area contributed by atoms with Gasteiger partial charge in [-0.15, -0.1) is 0 Å². The number of amides is 1. The molecule has 1 amide bonds. The Morgan fingerprint density at radius 1 is 1.23 bits per heavy atom. The van der Waals surface area contributed by atoms with Crippen LogP contribution >= 0.6 is 0 Å². The van der Waals surface area contributed by atoms with Crippen molar-refractivity contribution in [1.29, 1.82) is 0 Å². The number of esters is 1. The van der Waals surface area contributed by atoms with Gasteiger partial charge in [0.25, 0.3) is 0 Å². The molecule has 0 atom stereocenters. The maximum Gasteiger partial charge on any atom is 0.305 e. The fourth-order valence-corrected chi connectivity index (χ4v) is 2.61. The van der Waals surface area contributed by atoms with Gasteiger partial charge in [-0.3, -0.25) is 9.59 Å². The van der Waals surface area contributed by atoms with Crippen LogP contribution in [0, 0.1) is 13.8 Å². The van der Waals surface area contributed by atoms with Crippen LogP contribution in [0.25, 0.3) is 11.8 Å². The molecule has 0 bridgehead atoms. The van der Waals surface area contributed by atoms with Gasteiger partial charge in [0, 0.05) is 30.3 Å². The maximum atomic E-state index is 11.9. The first-order valence-electron chi connectivity index (χ1n) is 8.76. The average Bonchev–Trinajstić information content (AvgIpc) is 2.92. The van der Waals surface area contributed by atoms with Crippen molar-refractivity contribution in [2.75, 3.05) is 13.2 Å². The molecule has 0 fully saturated rings. The molecule has 2 rings (SSSR count). The fraction of sp³-hybridized carbons (Fsp3) is 0.350. The lowest BCUT2D eigenvalue weighted by Gasteiger charge is -2.04. The molecule has 0 saturated heterocycles. The number of benzene rings is 1. The molecule has 6 nitrogen and oxygen atoms in total. The van der Waals surface area contributed by atoms with Gasteiger partial charge >= 0.3 is 5.97 Å². The number of rotatable bonds is 8. The number of nitrogens with zero attached hydrogens (tertiary/aromatic N) is 2. The number of aryl methyl sites for hydroxylation is 1. The third-order valence-electron chi connectivity index (χ3n) is 3.91. The van der Waals surface area contributed by atoms with Gasteiger partial charge in [-0.25, -0.2) is 4.68 Å². The number of hydrogen-bond acceptors (Lipinski definition) is 4. The Hall–Kier alpha value is -2.89. The van der Waals surface area contributed by atoms with Crippen molar-refractivity contribution in [3.8, 4) is 5.69 Å². The molecular formula is C20H25N3O3. The second-order valence-electron chi connectivity index (χ2n) is 5.86. The second-order valence-corrected chi connectivity index (χ2v) is 5.86. The first-order chi connectivity index (χ1) is 12.5. The quantitative estimate of drug-likeness (QED) is 0.449. The van der Waals surface area contributed by atoms with Crippen LogP contribution in [0.15, 0.2) is 36.4 Å². The normalized spacial score (nSPS) is 10.9. The molecule has 6 heteroatoms. The number of carbonyl (C=O) groups is 2. The summed E-state index contributed by atoms with van der Waals surface area (Å²) in [5.41, 5.74) is 3.74. The van der Waals surface area contributed by atoms with E-state index in [1.54, 1.807) is 13.0 Å². The predicted octanol–water partition coefficient (Wildman–Crippen LogP) is 2.96. The average molecular weight is 355 g/mol. The van der Waals surface area contributed by atoms with E-state index >= 15 is 0 Å². The van der Waals surface area contributed by atoms with Gasteiger partial charge < -0.3 is 10.1 Å². The largest absolute Gasteiger partial charge is 0.466 e. The minimum absolute atomic E-state index is 0.194. The zero-order chi connectivity index (χ0) is 18.9. The Morgan fingerprint density at radius 3 is 2.65 bits per heavy atom. The van der Waals surface area contributed by atoms with Crippen LogP contribution in [0.2, 0.25) is 0 Å². The summed E-state index contributed by atoms with van der Waals surface area (Å²) in [5.74, 6) is -0.433. The predicted molar refractivity (Wildman–Crippen MR) is 101 cm³/mol. The van der Waals surface area contributed by atoms with E-state index in [1.807, 2.05) is 48.9 Å². The van der Waals surface area contributed by atoms with E-state index in [2.05, 4.69) is 10.4 Å². The van der Waals surface area contributed by atoms with E-state index in [4.69, 9.17) is 4.74 Å². The van der Waals surface area contributed by atoms with Gasteiger partial charge in [-0.05, 0) is 45.4 Å². The molecule has 0 radical (unpaired) electrons. The molecule has 2 aromatic rings. The molecule has 0 aliphatic heterocycles. The highest BCUT2D eigenvalue weighted by atomic mass is 16.5. The van der Waals surface area contributed by atoms with Crippen LogP contribution in [-0.4, -0.2) is 34.8 Å². The van der Waals surface area contributed by atoms with Crippen molar-refractivity contribution >= 4 is 18.0 Å². The summed E-state index contributed by atoms with van der Waals surface area (Å²) in [6.07, 6.45) is 4.14. The Balaban J connectivity index is 1.93. The number of hydrogen-bond donors (Lipinski definition) is 1. The van der Waals surface area contributed by atoms with E-state index in [1.165, 1.54) is 6.08 Å². The van der Waals surface area contributed by atoms with E-state index < -0.39 is 0 Å². The molecule has 1 heterocycles. The van der Waals surface area contributed by atoms with Crippen molar-refractivity contribution in [3.05, 3.63) is 53.4 Å². The summed E-state index contributed by atoms with van der Waals surface area (Å²) in [7, 11) is 0. The number of para-hydroxylation sites is 1. The van der Waals surface area contributed by atoms with Gasteiger partial charge in [-0.1, -0.05) is 18.2 Å². The molecule has 0 spiro atoms. The summed E-state index contributed by atoms with van der Waals surface area (Å²) in [5, 5.41) is 7.32. The SMILES string of the molecule is CCOC(=O)CCCNC(=O)/C=C/c1c(C)nn(-c2ccccc2)c1C. The van der Waals surface area contributed by atoms with Crippen molar-refractivity contribution < 1.29 is 14.3 Å². The van der Waals surface area contributed by atoms with E-state index in [9.17, 15) is 9.59 Å². The first kappa shape index (κ1) is 19.4. The van der Waals surface area contributed by atoms with Crippen LogP contribution in [0.3, 0.4) is 0 Å². The summed E-state index contributed by atoms with van der Waals surface area (Å²) < 4.78 is 6.71. The molecular weight excluding hydrogens is 330 g/mol. The lowest BCUT2D eigenvalue weighted by atomic mass is 10.2. The number of carbonyl (C=O) groups excluding carboxylic acids is 2. The van der Waals surface area contributed by atoms with E-state index in [0.29, 0.717) is 26.0 Å². The summed E-state index contributed by atoms with van der Waals surface area (Å²) >= 11 is 0. The third kappa shape index (κ3) is 5.31. The van der Waals surface area contributed by atoms with Gasteiger partial charge in [0.05, 0.1) is 18.0 Å². The lowest BCUT2D eigenvalue weighted by Crippen LogP contribution is -2.22. The van der Waals surface area contributed by atoms with Crippen LogP contribution in [0.1, 0.15) is 36.7 Å². The van der Waals surface area contributed by atoms with Crippen molar-refractivity contribution in [1.82, 2.24) is 15.1 Å². The lowest BCUT2D eigenvalue weighted by molar-refractivity contribution is -0.143. The Kier molecular flexibility index (Phi) is 7.14. The molecule has 0 aliphatic carbocycles. The van der Waals surface area contributed by atoms with Gasteiger partial charge in [0.2, 0.25) is 5.91 Å². The minimum atomic E-state index is -0.239. The van der Waals surface area contributed by atoms with Crippen LogP contribution in [-0.2, 0) is 14.3 Å². The molecule has 26 heavy (non-hydrogen) atoms. The third-order valence-corrected chi connectivity index (χ3v) is 3.91. The standard InChI is InChI=1S/C20H25N3O3/c1-4-26-20(25)11-8-14-21-19(24)13-12-18-15(2)22-23(16(18)3)17-9-6-5-7-10-17/h5-7,9-10,12-13H,4,8,11,14H2,1-3H3,(H,21,24)/b13-12+. The van der Waals surface area contributed by atoms with Gasteiger partial charge in [0.1, 0.15) is 0 Å².